The first kappa shape index (κ1) is 8.34. The molecule has 3 heteroatoms. The van der Waals surface area contributed by atoms with Crippen LogP contribution in [0.2, 0.25) is 5.02 Å². The Morgan fingerprint density at radius 1 is 1.36 bits per heavy atom. The van der Waals surface area contributed by atoms with Crippen LogP contribution in [0.1, 0.15) is 11.1 Å². The van der Waals surface area contributed by atoms with Crippen LogP contribution in [-0.2, 0) is 0 Å². The van der Waals surface area contributed by atoms with Gasteiger partial charge in [-0.3, -0.25) is 0 Å². The number of phenolic OH excluding ortho intramolecular Hbond substituents is 1. The van der Waals surface area contributed by atoms with E-state index in [1.54, 1.807) is 13.8 Å². The summed E-state index contributed by atoms with van der Waals surface area (Å²) in [7, 11) is 0. The fraction of sp³-hybridized carbons (Fsp3) is 0.250. The Bertz CT molecular complexity index is 270. The Morgan fingerprint density at radius 3 is 2.45 bits per heavy atom. The molecular weight excluding hydrogens is 167 g/mol. The average Bonchev–Trinajstić information content (AvgIpc) is 1.97. The van der Waals surface area contributed by atoms with E-state index < -0.39 is 5.82 Å². The molecule has 0 aliphatic carbocycles. The van der Waals surface area contributed by atoms with E-state index in [4.69, 9.17) is 16.7 Å². The van der Waals surface area contributed by atoms with Crippen molar-refractivity contribution >= 4 is 11.6 Å². The van der Waals surface area contributed by atoms with Crippen LogP contribution in [0.4, 0.5) is 4.39 Å². The smallest absolute Gasteiger partial charge is 0.145 e. The van der Waals surface area contributed by atoms with Crippen LogP contribution in [0.5, 0.6) is 5.75 Å². The largest absolute Gasteiger partial charge is 0.508 e. The van der Waals surface area contributed by atoms with Crippen LogP contribution in [-0.4, -0.2) is 5.11 Å². The highest BCUT2D eigenvalue weighted by molar-refractivity contribution is 6.31. The molecule has 0 bridgehead atoms. The van der Waals surface area contributed by atoms with E-state index in [9.17, 15) is 4.39 Å². The highest BCUT2D eigenvalue weighted by Gasteiger charge is 2.09. The lowest BCUT2D eigenvalue weighted by atomic mass is 10.1. The standard InChI is InChI=1S/C8H8ClFO/c1-4-5(2)8(9)6(10)3-7(4)11/h3,11H,1-2H3. The molecule has 1 rings (SSSR count). The Hall–Kier alpha value is -0.760. The van der Waals surface area contributed by atoms with Crippen molar-refractivity contribution in [3.05, 3.63) is 28.0 Å². The van der Waals surface area contributed by atoms with Crippen LogP contribution < -0.4 is 0 Å². The zero-order chi connectivity index (χ0) is 8.59. The van der Waals surface area contributed by atoms with Gasteiger partial charge < -0.3 is 5.11 Å². The van der Waals surface area contributed by atoms with Crippen LogP contribution >= 0.6 is 11.6 Å². The third-order valence-corrected chi connectivity index (χ3v) is 2.21. The van der Waals surface area contributed by atoms with Crippen LogP contribution in [0.3, 0.4) is 0 Å². The molecule has 0 atom stereocenters. The molecule has 60 valence electrons. The Balaban J connectivity index is 3.46. The monoisotopic (exact) mass is 174 g/mol. The van der Waals surface area contributed by atoms with E-state index in [0.29, 0.717) is 11.1 Å². The number of halogens is 2. The van der Waals surface area contributed by atoms with Crippen LogP contribution in [0.25, 0.3) is 0 Å². The molecule has 1 aromatic carbocycles. The van der Waals surface area contributed by atoms with Gasteiger partial charge in [0.1, 0.15) is 11.6 Å². The van der Waals surface area contributed by atoms with Gasteiger partial charge in [-0.2, -0.15) is 0 Å². The van der Waals surface area contributed by atoms with E-state index in [1.807, 2.05) is 0 Å². The van der Waals surface area contributed by atoms with Gasteiger partial charge in [-0.05, 0) is 25.0 Å². The fourth-order valence-electron chi connectivity index (χ4n) is 0.827. The maximum atomic E-state index is 12.7. The molecule has 0 unspecified atom stereocenters. The lowest BCUT2D eigenvalue weighted by Gasteiger charge is -2.05. The van der Waals surface area contributed by atoms with Gasteiger partial charge in [0.2, 0.25) is 0 Å². The fourth-order valence-corrected chi connectivity index (χ4v) is 1.02. The highest BCUT2D eigenvalue weighted by atomic mass is 35.5. The normalized spacial score (nSPS) is 10.2. The Labute approximate surface area is 69.4 Å². The summed E-state index contributed by atoms with van der Waals surface area (Å²) in [6.07, 6.45) is 0. The van der Waals surface area contributed by atoms with Gasteiger partial charge in [-0.25, -0.2) is 4.39 Å². The van der Waals surface area contributed by atoms with Crippen LogP contribution in [0, 0.1) is 19.7 Å². The van der Waals surface area contributed by atoms with Crippen molar-refractivity contribution in [1.29, 1.82) is 0 Å². The second kappa shape index (κ2) is 2.70. The van der Waals surface area contributed by atoms with Crippen molar-refractivity contribution in [3.8, 4) is 5.75 Å². The van der Waals surface area contributed by atoms with Crippen LogP contribution in [0.15, 0.2) is 6.07 Å². The minimum atomic E-state index is -0.577. The maximum absolute atomic E-state index is 12.7. The highest BCUT2D eigenvalue weighted by Crippen LogP contribution is 2.28. The first-order valence-corrected chi connectivity index (χ1v) is 3.56. The molecule has 0 saturated carbocycles. The molecule has 0 heterocycles. The summed E-state index contributed by atoms with van der Waals surface area (Å²) in [5, 5.41) is 9.19. The molecular formula is C8H8ClFO. The van der Waals surface area contributed by atoms with Crippen molar-refractivity contribution in [1.82, 2.24) is 0 Å². The molecule has 0 fully saturated rings. The first-order chi connectivity index (χ1) is 5.04. The minimum Gasteiger partial charge on any atom is -0.508 e. The molecule has 0 radical (unpaired) electrons. The third-order valence-electron chi connectivity index (χ3n) is 1.75. The summed E-state index contributed by atoms with van der Waals surface area (Å²) < 4.78 is 12.7. The Morgan fingerprint density at radius 2 is 1.91 bits per heavy atom. The number of phenols is 1. The number of rotatable bonds is 0. The zero-order valence-corrected chi connectivity index (χ0v) is 7.04. The van der Waals surface area contributed by atoms with Gasteiger partial charge in [0.15, 0.2) is 0 Å². The molecule has 1 N–H and O–H groups in total. The summed E-state index contributed by atoms with van der Waals surface area (Å²) in [4.78, 5) is 0. The van der Waals surface area contributed by atoms with Gasteiger partial charge in [-0.1, -0.05) is 11.6 Å². The molecule has 0 aliphatic rings. The predicted molar refractivity (Wildman–Crippen MR) is 42.5 cm³/mol. The molecule has 0 aromatic heterocycles. The first-order valence-electron chi connectivity index (χ1n) is 3.18. The number of hydrogen-bond donors (Lipinski definition) is 1. The molecule has 0 saturated heterocycles. The van der Waals surface area contributed by atoms with E-state index in [1.165, 1.54) is 0 Å². The second-order valence-electron chi connectivity index (χ2n) is 2.44. The topological polar surface area (TPSA) is 20.2 Å². The molecule has 0 amide bonds. The van der Waals surface area contributed by atoms with Crippen molar-refractivity contribution in [2.24, 2.45) is 0 Å². The average molecular weight is 175 g/mol. The molecule has 0 aliphatic heterocycles. The molecule has 0 spiro atoms. The summed E-state index contributed by atoms with van der Waals surface area (Å²) in [6, 6.07) is 1.02. The molecule has 11 heavy (non-hydrogen) atoms. The number of benzene rings is 1. The predicted octanol–water partition coefficient (Wildman–Crippen LogP) is 2.80. The van der Waals surface area contributed by atoms with E-state index in [-0.39, 0.29) is 10.8 Å². The van der Waals surface area contributed by atoms with E-state index in [0.717, 1.165) is 6.07 Å². The SMILES string of the molecule is Cc1c(O)cc(F)c(Cl)c1C. The number of hydrogen-bond acceptors (Lipinski definition) is 1. The van der Waals surface area contributed by atoms with E-state index in [2.05, 4.69) is 0 Å². The van der Waals surface area contributed by atoms with E-state index >= 15 is 0 Å². The lowest BCUT2D eigenvalue weighted by Crippen LogP contribution is -1.87. The summed E-state index contributed by atoms with van der Waals surface area (Å²) in [5.74, 6) is -0.628. The third kappa shape index (κ3) is 1.31. The quantitative estimate of drug-likeness (QED) is 0.641. The molecule has 1 aromatic rings. The van der Waals surface area contributed by atoms with Gasteiger partial charge in [0, 0.05) is 6.07 Å². The Kier molecular flexibility index (Phi) is 2.05. The van der Waals surface area contributed by atoms with Gasteiger partial charge in [0.25, 0.3) is 0 Å². The second-order valence-corrected chi connectivity index (χ2v) is 2.82. The molecule has 1 nitrogen and oxygen atoms in total. The summed E-state index contributed by atoms with van der Waals surface area (Å²) in [6.45, 7) is 3.36. The van der Waals surface area contributed by atoms with Gasteiger partial charge in [0.05, 0.1) is 5.02 Å². The van der Waals surface area contributed by atoms with Crippen molar-refractivity contribution < 1.29 is 9.50 Å². The summed E-state index contributed by atoms with van der Waals surface area (Å²) in [5.41, 5.74) is 1.21. The maximum Gasteiger partial charge on any atom is 0.145 e. The van der Waals surface area contributed by atoms with Crippen molar-refractivity contribution in [3.63, 3.8) is 0 Å². The zero-order valence-electron chi connectivity index (χ0n) is 6.28. The number of aromatic hydroxyl groups is 1. The van der Waals surface area contributed by atoms with Crippen molar-refractivity contribution in [2.75, 3.05) is 0 Å². The van der Waals surface area contributed by atoms with Crippen molar-refractivity contribution in [2.45, 2.75) is 13.8 Å². The minimum absolute atomic E-state index is 0.0515. The van der Waals surface area contributed by atoms with Gasteiger partial charge in [-0.15, -0.1) is 0 Å². The van der Waals surface area contributed by atoms with Gasteiger partial charge >= 0.3 is 0 Å². The summed E-state index contributed by atoms with van der Waals surface area (Å²) >= 11 is 5.57. The lowest BCUT2D eigenvalue weighted by molar-refractivity contribution is 0.464.